The van der Waals surface area contributed by atoms with E-state index in [1.54, 1.807) is 18.2 Å². The van der Waals surface area contributed by atoms with E-state index in [1.165, 1.54) is 12.3 Å². The van der Waals surface area contributed by atoms with Crippen LogP contribution in [0.3, 0.4) is 0 Å². The molecule has 0 unspecified atom stereocenters. The fourth-order valence-electron chi connectivity index (χ4n) is 1.85. The largest absolute Gasteiger partial charge is 0.441 e. The van der Waals surface area contributed by atoms with Crippen molar-refractivity contribution in [1.82, 2.24) is 15.6 Å². The molecule has 0 aliphatic carbocycles. The summed E-state index contributed by atoms with van der Waals surface area (Å²) in [6.07, 6.45) is 2.16. The van der Waals surface area contributed by atoms with Crippen molar-refractivity contribution in [3.8, 4) is 11.3 Å². The SMILES string of the molecule is CNCCNC(=O)CCc1ncc(-c2ccccc2F)o1.Cl.Cl. The second kappa shape index (κ2) is 11.0. The van der Waals surface area contributed by atoms with Crippen LogP contribution in [0.25, 0.3) is 11.3 Å². The topological polar surface area (TPSA) is 67.2 Å². The highest BCUT2D eigenvalue weighted by Crippen LogP contribution is 2.23. The molecule has 2 N–H and O–H groups in total. The lowest BCUT2D eigenvalue weighted by Gasteiger charge is -2.03. The molecule has 128 valence electrons. The molecule has 8 heteroatoms. The van der Waals surface area contributed by atoms with E-state index in [2.05, 4.69) is 15.6 Å². The number of hydrogen-bond acceptors (Lipinski definition) is 4. The van der Waals surface area contributed by atoms with Crippen LogP contribution in [0, 0.1) is 5.82 Å². The molecule has 0 aliphatic rings. The van der Waals surface area contributed by atoms with Gasteiger partial charge in [-0.25, -0.2) is 9.37 Å². The molecule has 0 saturated carbocycles. The molecule has 0 spiro atoms. The molecule has 2 rings (SSSR count). The zero-order valence-electron chi connectivity index (χ0n) is 12.7. The van der Waals surface area contributed by atoms with Gasteiger partial charge in [-0.2, -0.15) is 0 Å². The molecule has 2 aromatic rings. The van der Waals surface area contributed by atoms with Crippen molar-refractivity contribution in [2.24, 2.45) is 0 Å². The normalized spacial score (nSPS) is 9.65. The predicted molar refractivity (Wildman–Crippen MR) is 91.7 cm³/mol. The number of aromatic nitrogens is 1. The van der Waals surface area contributed by atoms with E-state index in [-0.39, 0.29) is 36.5 Å². The first-order valence-electron chi connectivity index (χ1n) is 6.81. The molecule has 1 heterocycles. The summed E-state index contributed by atoms with van der Waals surface area (Å²) in [5.74, 6) is 0.386. The summed E-state index contributed by atoms with van der Waals surface area (Å²) in [6.45, 7) is 1.31. The van der Waals surface area contributed by atoms with Gasteiger partial charge < -0.3 is 15.1 Å². The second-order valence-corrected chi connectivity index (χ2v) is 4.55. The van der Waals surface area contributed by atoms with Crippen LogP contribution in [-0.4, -0.2) is 31.0 Å². The minimum Gasteiger partial charge on any atom is -0.441 e. The summed E-state index contributed by atoms with van der Waals surface area (Å²) in [6, 6.07) is 6.35. The molecule has 1 amide bonds. The molecule has 0 aliphatic heterocycles. The highest BCUT2D eigenvalue weighted by atomic mass is 35.5. The molecular formula is C15H20Cl2FN3O2. The van der Waals surface area contributed by atoms with Gasteiger partial charge in [0.15, 0.2) is 11.7 Å². The Morgan fingerprint density at radius 3 is 2.70 bits per heavy atom. The summed E-state index contributed by atoms with van der Waals surface area (Å²) in [5, 5.41) is 5.71. The average molecular weight is 364 g/mol. The van der Waals surface area contributed by atoms with E-state index < -0.39 is 0 Å². The summed E-state index contributed by atoms with van der Waals surface area (Å²) in [4.78, 5) is 15.6. The lowest BCUT2D eigenvalue weighted by molar-refractivity contribution is -0.121. The van der Waals surface area contributed by atoms with Crippen molar-refractivity contribution in [2.45, 2.75) is 12.8 Å². The van der Waals surface area contributed by atoms with Gasteiger partial charge in [0.2, 0.25) is 5.91 Å². The number of nitrogens with one attached hydrogen (secondary N) is 2. The number of halogens is 3. The van der Waals surface area contributed by atoms with Crippen LogP contribution in [0.2, 0.25) is 0 Å². The van der Waals surface area contributed by atoms with Crippen molar-refractivity contribution in [1.29, 1.82) is 0 Å². The Hall–Kier alpha value is -1.63. The Kier molecular flexibility index (Phi) is 10.2. The van der Waals surface area contributed by atoms with Crippen LogP contribution >= 0.6 is 24.8 Å². The number of nitrogens with zero attached hydrogens (tertiary/aromatic N) is 1. The van der Waals surface area contributed by atoms with E-state index in [0.717, 1.165) is 6.54 Å². The van der Waals surface area contributed by atoms with Gasteiger partial charge in [0, 0.05) is 25.9 Å². The smallest absolute Gasteiger partial charge is 0.220 e. The van der Waals surface area contributed by atoms with Crippen LogP contribution in [0.4, 0.5) is 4.39 Å². The van der Waals surface area contributed by atoms with Crippen molar-refractivity contribution in [3.63, 3.8) is 0 Å². The quantitative estimate of drug-likeness (QED) is 0.742. The minimum absolute atomic E-state index is 0. The van der Waals surface area contributed by atoms with Gasteiger partial charge in [-0.3, -0.25) is 4.79 Å². The lowest BCUT2D eigenvalue weighted by Crippen LogP contribution is -2.30. The van der Waals surface area contributed by atoms with Crippen LogP contribution < -0.4 is 10.6 Å². The third kappa shape index (κ3) is 6.56. The summed E-state index contributed by atoms with van der Waals surface area (Å²) >= 11 is 0. The first kappa shape index (κ1) is 21.4. The van der Waals surface area contributed by atoms with Gasteiger partial charge >= 0.3 is 0 Å². The molecule has 0 saturated heterocycles. The number of likely N-dealkylation sites (N-methyl/N-ethyl adjacent to an activating group) is 1. The third-order valence-electron chi connectivity index (χ3n) is 2.96. The minimum atomic E-state index is -0.356. The van der Waals surface area contributed by atoms with Crippen molar-refractivity contribution in [2.75, 3.05) is 20.1 Å². The van der Waals surface area contributed by atoms with E-state index in [0.29, 0.717) is 36.6 Å². The fourth-order valence-corrected chi connectivity index (χ4v) is 1.85. The molecule has 0 fully saturated rings. The molecule has 0 radical (unpaired) electrons. The average Bonchev–Trinajstić information content (AvgIpc) is 2.94. The molecule has 1 aromatic heterocycles. The van der Waals surface area contributed by atoms with Crippen LogP contribution in [0.5, 0.6) is 0 Å². The summed E-state index contributed by atoms with van der Waals surface area (Å²) in [7, 11) is 1.82. The Bertz CT molecular complexity index is 608. The monoisotopic (exact) mass is 363 g/mol. The molecule has 23 heavy (non-hydrogen) atoms. The number of oxazole rings is 1. The number of amides is 1. The van der Waals surface area contributed by atoms with Gasteiger partial charge in [-0.05, 0) is 19.2 Å². The Labute approximate surface area is 146 Å². The van der Waals surface area contributed by atoms with Crippen LogP contribution in [0.1, 0.15) is 12.3 Å². The lowest BCUT2D eigenvalue weighted by atomic mass is 10.2. The van der Waals surface area contributed by atoms with Crippen LogP contribution in [-0.2, 0) is 11.2 Å². The molecule has 1 aromatic carbocycles. The highest BCUT2D eigenvalue weighted by Gasteiger charge is 2.11. The van der Waals surface area contributed by atoms with E-state index in [9.17, 15) is 9.18 Å². The predicted octanol–water partition coefficient (Wildman–Crippen LogP) is 2.59. The summed E-state index contributed by atoms with van der Waals surface area (Å²) < 4.78 is 19.1. The number of carbonyl (C=O) groups excluding carboxylic acids is 1. The Morgan fingerprint density at radius 2 is 2.00 bits per heavy atom. The van der Waals surface area contributed by atoms with E-state index in [1.807, 2.05) is 7.05 Å². The van der Waals surface area contributed by atoms with E-state index in [4.69, 9.17) is 4.42 Å². The maximum atomic E-state index is 13.6. The zero-order chi connectivity index (χ0) is 15.1. The van der Waals surface area contributed by atoms with Crippen molar-refractivity contribution in [3.05, 3.63) is 42.2 Å². The standard InChI is InChI=1S/C15H18FN3O2.2ClH/c1-17-8-9-18-14(20)6-7-15-19-10-13(21-15)11-4-2-3-5-12(11)16;;/h2-5,10,17H,6-9H2,1H3,(H,18,20);2*1H. The van der Waals surface area contributed by atoms with Gasteiger partial charge in [-0.1, -0.05) is 12.1 Å². The fraction of sp³-hybridized carbons (Fsp3) is 0.333. The van der Waals surface area contributed by atoms with Gasteiger partial charge in [0.05, 0.1) is 11.8 Å². The molecule has 0 atom stereocenters. The van der Waals surface area contributed by atoms with Crippen molar-refractivity contribution < 1.29 is 13.6 Å². The van der Waals surface area contributed by atoms with Gasteiger partial charge in [0.25, 0.3) is 0 Å². The van der Waals surface area contributed by atoms with Gasteiger partial charge in [0.1, 0.15) is 5.82 Å². The molecular weight excluding hydrogens is 344 g/mol. The molecule has 0 bridgehead atoms. The Balaban J connectivity index is 0.00000242. The van der Waals surface area contributed by atoms with E-state index >= 15 is 0 Å². The number of carbonyl (C=O) groups is 1. The van der Waals surface area contributed by atoms with Gasteiger partial charge in [-0.15, -0.1) is 24.8 Å². The van der Waals surface area contributed by atoms with Crippen LogP contribution in [0.15, 0.2) is 34.9 Å². The van der Waals surface area contributed by atoms with Crippen molar-refractivity contribution >= 4 is 30.7 Å². The third-order valence-corrected chi connectivity index (χ3v) is 2.96. The Morgan fingerprint density at radius 1 is 1.26 bits per heavy atom. The molecule has 5 nitrogen and oxygen atoms in total. The maximum absolute atomic E-state index is 13.6. The first-order valence-corrected chi connectivity index (χ1v) is 6.81. The highest BCUT2D eigenvalue weighted by molar-refractivity contribution is 5.85. The number of rotatable bonds is 7. The summed E-state index contributed by atoms with van der Waals surface area (Å²) in [5.41, 5.74) is 0.370. The first-order chi connectivity index (χ1) is 10.2. The number of aryl methyl sites for hydroxylation is 1. The number of benzene rings is 1. The number of hydrogen-bond donors (Lipinski definition) is 2. The maximum Gasteiger partial charge on any atom is 0.220 e. The zero-order valence-corrected chi connectivity index (χ0v) is 14.3. The second-order valence-electron chi connectivity index (χ2n) is 4.55.